The van der Waals surface area contributed by atoms with E-state index in [1.54, 1.807) is 31.2 Å². The lowest BCUT2D eigenvalue weighted by molar-refractivity contribution is -0.171. The van der Waals surface area contributed by atoms with Crippen LogP contribution in [-0.4, -0.2) is 32.4 Å². The summed E-state index contributed by atoms with van der Waals surface area (Å²) in [5, 5.41) is 33.9. The van der Waals surface area contributed by atoms with Gasteiger partial charge in [-0.25, -0.2) is 9.59 Å². The van der Waals surface area contributed by atoms with Crippen LogP contribution in [0.25, 0.3) is 0 Å². The van der Waals surface area contributed by atoms with Crippen molar-refractivity contribution in [1.29, 1.82) is 0 Å². The molecule has 0 aliphatic heterocycles. The Kier molecular flexibility index (Phi) is 11.3. The molecular formula is C15H20O6. The zero-order valence-corrected chi connectivity index (χ0v) is 11.8. The van der Waals surface area contributed by atoms with Crippen molar-refractivity contribution in [3.05, 3.63) is 61.2 Å². The van der Waals surface area contributed by atoms with Crippen LogP contribution in [0, 0.1) is 0 Å². The standard InChI is InChI=1S/C9H12O2.2C3H4O2/c1-2-9(10,11)8-6-4-3-5-7-8;2*1-2-3(4)5/h3-7,10-11H,2H2,1H3;2*2H,1H2,(H,4,5). The Morgan fingerprint density at radius 2 is 1.38 bits per heavy atom. The van der Waals surface area contributed by atoms with E-state index in [4.69, 9.17) is 10.2 Å². The molecule has 0 aromatic heterocycles. The quantitative estimate of drug-likeness (QED) is 0.497. The van der Waals surface area contributed by atoms with E-state index in [1.807, 2.05) is 6.07 Å². The average molecular weight is 296 g/mol. The fraction of sp³-hybridized carbons (Fsp3) is 0.200. The summed E-state index contributed by atoms with van der Waals surface area (Å²) in [7, 11) is 0. The molecule has 0 atom stereocenters. The third kappa shape index (κ3) is 12.3. The highest BCUT2D eigenvalue weighted by Gasteiger charge is 2.21. The molecule has 1 rings (SSSR count). The van der Waals surface area contributed by atoms with Crippen LogP contribution in [-0.2, 0) is 15.4 Å². The molecule has 0 unspecified atom stereocenters. The predicted molar refractivity (Wildman–Crippen MR) is 78.5 cm³/mol. The monoisotopic (exact) mass is 296 g/mol. The van der Waals surface area contributed by atoms with Gasteiger partial charge in [-0.2, -0.15) is 0 Å². The van der Waals surface area contributed by atoms with E-state index in [1.165, 1.54) is 0 Å². The SMILES string of the molecule is C=CC(=O)O.C=CC(=O)O.CCC(O)(O)c1ccccc1. The summed E-state index contributed by atoms with van der Waals surface area (Å²) in [6, 6.07) is 8.81. The molecule has 1 aromatic rings. The highest BCUT2D eigenvalue weighted by molar-refractivity contribution is 5.79. The number of hydrogen-bond acceptors (Lipinski definition) is 4. The first-order valence-corrected chi connectivity index (χ1v) is 5.92. The second-order valence-electron chi connectivity index (χ2n) is 3.62. The molecule has 21 heavy (non-hydrogen) atoms. The van der Waals surface area contributed by atoms with E-state index in [2.05, 4.69) is 13.2 Å². The summed E-state index contributed by atoms with van der Waals surface area (Å²) in [4.78, 5) is 18.5. The summed E-state index contributed by atoms with van der Waals surface area (Å²) < 4.78 is 0. The van der Waals surface area contributed by atoms with Crippen LogP contribution in [0.5, 0.6) is 0 Å². The van der Waals surface area contributed by atoms with Gasteiger partial charge >= 0.3 is 11.9 Å². The Morgan fingerprint density at radius 1 is 1.05 bits per heavy atom. The number of benzene rings is 1. The lowest BCUT2D eigenvalue weighted by Gasteiger charge is -2.19. The third-order valence-electron chi connectivity index (χ3n) is 2.08. The molecule has 0 fully saturated rings. The maximum absolute atomic E-state index is 9.35. The second-order valence-corrected chi connectivity index (χ2v) is 3.62. The second kappa shape index (κ2) is 11.4. The van der Waals surface area contributed by atoms with Gasteiger partial charge in [0.15, 0.2) is 5.79 Å². The minimum absolute atomic E-state index is 0.303. The van der Waals surface area contributed by atoms with E-state index in [0.29, 0.717) is 12.0 Å². The first-order chi connectivity index (χ1) is 9.71. The van der Waals surface area contributed by atoms with E-state index in [-0.39, 0.29) is 0 Å². The fourth-order valence-electron chi connectivity index (χ4n) is 0.909. The molecule has 0 bridgehead atoms. The fourth-order valence-corrected chi connectivity index (χ4v) is 0.909. The molecule has 0 saturated carbocycles. The molecule has 116 valence electrons. The van der Waals surface area contributed by atoms with Gasteiger partial charge in [-0.1, -0.05) is 50.4 Å². The number of aliphatic carboxylic acids is 2. The lowest BCUT2D eigenvalue weighted by atomic mass is 10.0. The van der Waals surface area contributed by atoms with Crippen LogP contribution >= 0.6 is 0 Å². The first-order valence-electron chi connectivity index (χ1n) is 5.92. The highest BCUT2D eigenvalue weighted by atomic mass is 16.5. The van der Waals surface area contributed by atoms with Gasteiger partial charge in [0.1, 0.15) is 0 Å². The van der Waals surface area contributed by atoms with Crippen LogP contribution in [0.15, 0.2) is 55.6 Å². The summed E-state index contributed by atoms with van der Waals surface area (Å²) in [6.45, 7) is 7.65. The van der Waals surface area contributed by atoms with Gasteiger partial charge in [-0.15, -0.1) is 0 Å². The summed E-state index contributed by atoms with van der Waals surface area (Å²) in [6.07, 6.45) is 1.97. The van der Waals surface area contributed by atoms with Crippen molar-refractivity contribution < 1.29 is 30.0 Å². The van der Waals surface area contributed by atoms with Gasteiger partial charge in [0.05, 0.1) is 0 Å². The summed E-state index contributed by atoms with van der Waals surface area (Å²) in [5.41, 5.74) is 0.544. The Morgan fingerprint density at radius 3 is 1.62 bits per heavy atom. The molecule has 6 nitrogen and oxygen atoms in total. The van der Waals surface area contributed by atoms with Crippen molar-refractivity contribution in [3.8, 4) is 0 Å². The van der Waals surface area contributed by atoms with E-state index >= 15 is 0 Å². The van der Waals surface area contributed by atoms with Crippen molar-refractivity contribution in [2.24, 2.45) is 0 Å². The van der Waals surface area contributed by atoms with E-state index < -0.39 is 17.7 Å². The predicted octanol–water partition coefficient (Wildman–Crippen LogP) is 1.75. The molecule has 6 heteroatoms. The molecule has 0 amide bonds. The van der Waals surface area contributed by atoms with Gasteiger partial charge < -0.3 is 20.4 Å². The average Bonchev–Trinajstić information content (AvgIpc) is 2.49. The van der Waals surface area contributed by atoms with Crippen LogP contribution < -0.4 is 0 Å². The van der Waals surface area contributed by atoms with Crippen LogP contribution in [0.4, 0.5) is 0 Å². The van der Waals surface area contributed by atoms with Gasteiger partial charge in [0.25, 0.3) is 0 Å². The number of carboxylic acid groups (broad SMARTS) is 2. The molecule has 4 N–H and O–H groups in total. The Balaban J connectivity index is 0. The zero-order valence-electron chi connectivity index (χ0n) is 11.8. The molecule has 0 aliphatic carbocycles. The van der Waals surface area contributed by atoms with Crippen molar-refractivity contribution in [2.45, 2.75) is 19.1 Å². The van der Waals surface area contributed by atoms with E-state index in [0.717, 1.165) is 12.2 Å². The normalized spacial score (nSPS) is 9.10. The van der Waals surface area contributed by atoms with Crippen molar-refractivity contribution in [1.82, 2.24) is 0 Å². The number of carbonyl (C=O) groups is 2. The van der Waals surface area contributed by atoms with Gasteiger partial charge in [0, 0.05) is 24.1 Å². The number of aliphatic hydroxyl groups is 2. The third-order valence-corrected chi connectivity index (χ3v) is 2.08. The van der Waals surface area contributed by atoms with Crippen molar-refractivity contribution >= 4 is 11.9 Å². The zero-order chi connectivity index (χ0) is 16.9. The lowest BCUT2D eigenvalue weighted by Crippen LogP contribution is -2.23. The van der Waals surface area contributed by atoms with Gasteiger partial charge in [0.2, 0.25) is 0 Å². The van der Waals surface area contributed by atoms with Crippen LogP contribution in [0.2, 0.25) is 0 Å². The van der Waals surface area contributed by atoms with Crippen LogP contribution in [0.3, 0.4) is 0 Å². The van der Waals surface area contributed by atoms with Crippen molar-refractivity contribution in [3.63, 3.8) is 0 Å². The minimum Gasteiger partial charge on any atom is -0.478 e. The smallest absolute Gasteiger partial charge is 0.327 e. The Bertz CT molecular complexity index is 432. The molecule has 0 radical (unpaired) electrons. The minimum atomic E-state index is -1.67. The Labute approximate surface area is 123 Å². The van der Waals surface area contributed by atoms with Crippen LogP contribution in [0.1, 0.15) is 18.9 Å². The maximum Gasteiger partial charge on any atom is 0.327 e. The van der Waals surface area contributed by atoms with Gasteiger partial charge in [-0.3, -0.25) is 0 Å². The maximum atomic E-state index is 9.35. The molecule has 0 heterocycles. The molecule has 0 spiro atoms. The molecule has 0 aliphatic rings. The summed E-state index contributed by atoms with van der Waals surface area (Å²) in [5.74, 6) is -3.63. The summed E-state index contributed by atoms with van der Waals surface area (Å²) >= 11 is 0. The number of carboxylic acids is 2. The molecule has 1 aromatic carbocycles. The number of hydrogen-bond donors (Lipinski definition) is 4. The van der Waals surface area contributed by atoms with Crippen molar-refractivity contribution in [2.75, 3.05) is 0 Å². The first kappa shape index (κ1) is 20.9. The number of rotatable bonds is 4. The molecule has 0 saturated heterocycles. The molecular weight excluding hydrogens is 276 g/mol. The largest absolute Gasteiger partial charge is 0.478 e. The van der Waals surface area contributed by atoms with Gasteiger partial charge in [-0.05, 0) is 0 Å². The topological polar surface area (TPSA) is 115 Å². The highest BCUT2D eigenvalue weighted by Crippen LogP contribution is 2.20. The van der Waals surface area contributed by atoms with E-state index in [9.17, 15) is 19.8 Å². The Hall–Kier alpha value is -2.44.